The van der Waals surface area contributed by atoms with Gasteiger partial charge in [0.15, 0.2) is 0 Å². The molecule has 3 fully saturated rings. The number of nitrogens with zero attached hydrogens (tertiary/aromatic N) is 2. The van der Waals surface area contributed by atoms with Gasteiger partial charge in [-0.15, -0.1) is 11.3 Å². The summed E-state index contributed by atoms with van der Waals surface area (Å²) >= 11 is 1.71. The summed E-state index contributed by atoms with van der Waals surface area (Å²) in [5.41, 5.74) is 2.69. The molecule has 1 aromatic rings. The molecule has 1 aliphatic carbocycles. The lowest BCUT2D eigenvalue weighted by molar-refractivity contribution is -0.140. The zero-order valence-corrected chi connectivity index (χ0v) is 14.5. The van der Waals surface area contributed by atoms with Crippen LogP contribution in [0.25, 0.3) is 0 Å². The van der Waals surface area contributed by atoms with Crippen LogP contribution in [0.5, 0.6) is 0 Å². The Balaban J connectivity index is 1.48. The number of hydrogen-bond donors (Lipinski definition) is 1. The molecule has 126 valence electrons. The van der Waals surface area contributed by atoms with Gasteiger partial charge in [0.25, 0.3) is 0 Å². The number of likely N-dealkylation sites (tertiary alicyclic amines) is 1. The van der Waals surface area contributed by atoms with Crippen molar-refractivity contribution in [2.75, 3.05) is 19.7 Å². The van der Waals surface area contributed by atoms with Crippen LogP contribution in [0, 0.1) is 12.3 Å². The van der Waals surface area contributed by atoms with E-state index in [9.17, 15) is 4.79 Å². The van der Waals surface area contributed by atoms with Gasteiger partial charge in [-0.05, 0) is 39.0 Å². The Bertz CT molecular complexity index is 586. The van der Waals surface area contributed by atoms with E-state index in [2.05, 4.69) is 22.1 Å². The molecule has 0 aromatic carbocycles. The van der Waals surface area contributed by atoms with Gasteiger partial charge < -0.3 is 10.1 Å². The Morgan fingerprint density at radius 1 is 1.52 bits per heavy atom. The van der Waals surface area contributed by atoms with E-state index in [0.29, 0.717) is 6.04 Å². The number of aromatic nitrogens is 1. The summed E-state index contributed by atoms with van der Waals surface area (Å²) in [5.74, 6) is 0.232. The van der Waals surface area contributed by atoms with Gasteiger partial charge in [-0.1, -0.05) is 0 Å². The van der Waals surface area contributed by atoms with Gasteiger partial charge in [0.1, 0.15) is 0 Å². The van der Waals surface area contributed by atoms with Crippen molar-refractivity contribution in [2.45, 2.75) is 57.7 Å². The van der Waals surface area contributed by atoms with E-state index < -0.39 is 0 Å². The largest absolute Gasteiger partial charge is 0.377 e. The molecule has 1 aromatic heterocycles. The van der Waals surface area contributed by atoms with Crippen LogP contribution in [-0.4, -0.2) is 47.6 Å². The van der Waals surface area contributed by atoms with E-state index in [4.69, 9.17) is 4.74 Å². The number of carbonyl (C=O) groups excluding carboxylic acids is 1. The second-order valence-electron chi connectivity index (χ2n) is 7.23. The lowest BCUT2D eigenvalue weighted by atomic mass is 9.75. The predicted molar refractivity (Wildman–Crippen MR) is 89.3 cm³/mol. The van der Waals surface area contributed by atoms with Gasteiger partial charge in [-0.3, -0.25) is 9.69 Å². The van der Waals surface area contributed by atoms with Crippen LogP contribution in [0.1, 0.15) is 42.7 Å². The molecule has 0 radical (unpaired) electrons. The number of piperidine rings is 1. The summed E-state index contributed by atoms with van der Waals surface area (Å²) in [6.45, 7) is 5.50. The molecule has 2 saturated heterocycles. The molecule has 3 heterocycles. The van der Waals surface area contributed by atoms with Gasteiger partial charge >= 0.3 is 0 Å². The Morgan fingerprint density at radius 2 is 2.39 bits per heavy atom. The van der Waals surface area contributed by atoms with Gasteiger partial charge in [0.2, 0.25) is 5.91 Å². The van der Waals surface area contributed by atoms with Crippen molar-refractivity contribution in [3.8, 4) is 0 Å². The Labute approximate surface area is 141 Å². The minimum absolute atomic E-state index is 0.0985. The average Bonchev–Trinajstić information content (AvgIpc) is 3.10. The zero-order valence-electron chi connectivity index (χ0n) is 13.7. The lowest BCUT2D eigenvalue weighted by Crippen LogP contribution is -2.58. The van der Waals surface area contributed by atoms with Crippen LogP contribution in [0.3, 0.4) is 0 Å². The summed E-state index contributed by atoms with van der Waals surface area (Å²) in [6, 6.07) is 0.400. The average molecular weight is 335 g/mol. The smallest absolute Gasteiger partial charge is 0.230 e. The second-order valence-corrected chi connectivity index (χ2v) is 8.17. The first kappa shape index (κ1) is 15.5. The van der Waals surface area contributed by atoms with E-state index in [1.807, 2.05) is 5.51 Å². The summed E-state index contributed by atoms with van der Waals surface area (Å²) in [4.78, 5) is 21.1. The third kappa shape index (κ3) is 2.81. The number of hydrogen-bond acceptors (Lipinski definition) is 5. The molecule has 1 N–H and O–H groups in total. The maximum Gasteiger partial charge on any atom is 0.230 e. The fourth-order valence-electron chi connectivity index (χ4n) is 4.05. The Kier molecular flexibility index (Phi) is 4.15. The summed E-state index contributed by atoms with van der Waals surface area (Å²) in [7, 11) is 0. The van der Waals surface area contributed by atoms with Crippen molar-refractivity contribution in [2.24, 2.45) is 5.41 Å². The molecule has 4 rings (SSSR count). The number of amides is 1. The topological polar surface area (TPSA) is 54.5 Å². The number of rotatable bonds is 4. The van der Waals surface area contributed by atoms with E-state index in [1.165, 1.54) is 11.3 Å². The minimum atomic E-state index is -0.341. The zero-order chi connectivity index (χ0) is 15.9. The molecule has 23 heavy (non-hydrogen) atoms. The van der Waals surface area contributed by atoms with Crippen molar-refractivity contribution in [1.29, 1.82) is 0 Å². The molecular weight excluding hydrogens is 310 g/mol. The third-order valence-electron chi connectivity index (χ3n) is 5.80. The first-order chi connectivity index (χ1) is 11.2. The number of ether oxygens (including phenoxy) is 1. The van der Waals surface area contributed by atoms with E-state index in [0.717, 1.165) is 57.6 Å². The molecule has 2 atom stereocenters. The van der Waals surface area contributed by atoms with Crippen molar-refractivity contribution in [1.82, 2.24) is 15.2 Å². The van der Waals surface area contributed by atoms with Crippen LogP contribution < -0.4 is 5.32 Å². The van der Waals surface area contributed by atoms with Crippen LogP contribution in [0.4, 0.5) is 0 Å². The molecule has 2 aliphatic heterocycles. The van der Waals surface area contributed by atoms with E-state index >= 15 is 0 Å². The summed E-state index contributed by atoms with van der Waals surface area (Å²) in [6.07, 6.45) is 5.43. The monoisotopic (exact) mass is 335 g/mol. The highest BCUT2D eigenvalue weighted by Crippen LogP contribution is 2.42. The van der Waals surface area contributed by atoms with Gasteiger partial charge in [-0.25, -0.2) is 4.98 Å². The molecular formula is C17H25N3O2S. The standard InChI is InChI=1S/C17H25N3O2S/c1-12-14(23-11-18-12)9-20-7-5-15-17(10-20,6-8-22-15)16(21)19-13-3-2-4-13/h11,13,15H,2-10H2,1H3,(H,19,21)/t15-,17-/m1/s1. The molecule has 3 aliphatic rings. The quantitative estimate of drug-likeness (QED) is 0.915. The highest BCUT2D eigenvalue weighted by Gasteiger charge is 2.53. The van der Waals surface area contributed by atoms with Crippen molar-refractivity contribution in [3.63, 3.8) is 0 Å². The predicted octanol–water partition coefficient (Wildman–Crippen LogP) is 2.10. The first-order valence-corrected chi connectivity index (χ1v) is 9.59. The number of nitrogens with one attached hydrogen (secondary N) is 1. The molecule has 0 unspecified atom stereocenters. The lowest BCUT2D eigenvalue weighted by Gasteiger charge is -2.43. The minimum Gasteiger partial charge on any atom is -0.377 e. The number of thiazole rings is 1. The molecule has 6 heteroatoms. The molecule has 1 saturated carbocycles. The molecule has 5 nitrogen and oxygen atoms in total. The van der Waals surface area contributed by atoms with Gasteiger partial charge in [-0.2, -0.15) is 0 Å². The van der Waals surface area contributed by atoms with Crippen LogP contribution >= 0.6 is 11.3 Å². The maximum atomic E-state index is 13.0. The number of aryl methyl sites for hydroxylation is 1. The van der Waals surface area contributed by atoms with Crippen LogP contribution in [0.2, 0.25) is 0 Å². The second kappa shape index (κ2) is 6.15. The molecule has 1 amide bonds. The Hall–Kier alpha value is -0.980. The van der Waals surface area contributed by atoms with Crippen molar-refractivity contribution < 1.29 is 9.53 Å². The summed E-state index contributed by atoms with van der Waals surface area (Å²) in [5, 5.41) is 3.28. The van der Waals surface area contributed by atoms with E-state index in [-0.39, 0.29) is 17.4 Å². The Morgan fingerprint density at radius 3 is 3.09 bits per heavy atom. The SMILES string of the molecule is Cc1ncsc1CN1CC[C@H]2OCC[C@@]2(C(=O)NC2CCC2)C1. The fraction of sp³-hybridized carbons (Fsp3) is 0.765. The van der Waals surface area contributed by atoms with Crippen molar-refractivity contribution >= 4 is 17.2 Å². The van der Waals surface area contributed by atoms with Crippen LogP contribution in [-0.2, 0) is 16.1 Å². The van der Waals surface area contributed by atoms with Crippen LogP contribution in [0.15, 0.2) is 5.51 Å². The molecule has 0 spiro atoms. The highest BCUT2D eigenvalue weighted by molar-refractivity contribution is 7.09. The normalized spacial score (nSPS) is 31.6. The number of fused-ring (bicyclic) bond motifs is 1. The highest BCUT2D eigenvalue weighted by atomic mass is 32.1. The maximum absolute atomic E-state index is 13.0. The van der Waals surface area contributed by atoms with Crippen molar-refractivity contribution in [3.05, 3.63) is 16.1 Å². The fourth-order valence-corrected chi connectivity index (χ4v) is 4.87. The molecule has 0 bridgehead atoms. The first-order valence-electron chi connectivity index (χ1n) is 8.71. The van der Waals surface area contributed by atoms with Gasteiger partial charge in [0.05, 0.1) is 22.7 Å². The number of carbonyl (C=O) groups is 1. The van der Waals surface area contributed by atoms with Gasteiger partial charge in [0, 0.05) is 37.2 Å². The third-order valence-corrected chi connectivity index (χ3v) is 6.72. The summed E-state index contributed by atoms with van der Waals surface area (Å²) < 4.78 is 5.92. The van der Waals surface area contributed by atoms with E-state index in [1.54, 1.807) is 11.3 Å².